The zero-order chi connectivity index (χ0) is 14.6. The van der Waals surface area contributed by atoms with Gasteiger partial charge in [-0.3, -0.25) is 0 Å². The molecule has 0 unspecified atom stereocenters. The molecule has 0 bridgehead atoms. The van der Waals surface area contributed by atoms with Crippen molar-refractivity contribution >= 4 is 5.95 Å². The smallest absolute Gasteiger partial charge is 0.337 e. The first-order valence-corrected chi connectivity index (χ1v) is 6.03. The molecule has 0 fully saturated rings. The van der Waals surface area contributed by atoms with Crippen molar-refractivity contribution in [2.45, 2.75) is 26.1 Å². The first kappa shape index (κ1) is 15.7. The molecule has 1 rings (SSSR count). The van der Waals surface area contributed by atoms with Gasteiger partial charge in [-0.15, -0.1) is 0 Å². The normalized spacial score (nSPS) is 12.3. The average molecular weight is 276 g/mol. The molecule has 0 aliphatic carbocycles. The van der Waals surface area contributed by atoms with Gasteiger partial charge in [-0.2, -0.15) is 13.2 Å². The number of hydrogen-bond acceptors (Lipinski definition) is 4. The molecule has 0 radical (unpaired) electrons. The van der Waals surface area contributed by atoms with Gasteiger partial charge < -0.3 is 9.80 Å². The van der Waals surface area contributed by atoms with Gasteiger partial charge in [0.1, 0.15) is 5.69 Å². The van der Waals surface area contributed by atoms with E-state index in [1.165, 1.54) is 0 Å². The minimum Gasteiger partial charge on any atom is -0.337 e. The van der Waals surface area contributed by atoms with Crippen LogP contribution in [0.15, 0.2) is 12.3 Å². The lowest BCUT2D eigenvalue weighted by Gasteiger charge is -2.28. The summed E-state index contributed by atoms with van der Waals surface area (Å²) in [5.74, 6) is 0.117. The van der Waals surface area contributed by atoms with Crippen molar-refractivity contribution in [1.29, 1.82) is 0 Å². The van der Waals surface area contributed by atoms with Gasteiger partial charge in [-0.25, -0.2) is 9.97 Å². The van der Waals surface area contributed by atoms with E-state index in [2.05, 4.69) is 9.97 Å². The SMILES string of the molecule is CC(C)N(CCN(C)C)c1nccc(C(F)(F)F)n1. The molecule has 0 aromatic carbocycles. The third-order valence-electron chi connectivity index (χ3n) is 2.60. The van der Waals surface area contributed by atoms with Gasteiger partial charge in [0.25, 0.3) is 0 Å². The molecule has 0 aliphatic rings. The summed E-state index contributed by atoms with van der Waals surface area (Å²) in [6, 6.07) is 0.914. The number of hydrogen-bond donors (Lipinski definition) is 0. The fourth-order valence-electron chi connectivity index (χ4n) is 1.54. The van der Waals surface area contributed by atoms with E-state index in [0.717, 1.165) is 18.8 Å². The van der Waals surface area contributed by atoms with E-state index < -0.39 is 11.9 Å². The molecule has 0 amide bonds. The Labute approximate surface area is 111 Å². The molecule has 0 saturated carbocycles. The Morgan fingerprint density at radius 2 is 1.84 bits per heavy atom. The Balaban J connectivity index is 2.96. The van der Waals surface area contributed by atoms with Gasteiger partial charge in [0.05, 0.1) is 0 Å². The summed E-state index contributed by atoms with van der Waals surface area (Å²) < 4.78 is 37.9. The molecule has 0 saturated heterocycles. The van der Waals surface area contributed by atoms with Crippen molar-refractivity contribution in [2.24, 2.45) is 0 Å². The molecule has 1 heterocycles. The molecule has 7 heteroatoms. The molecule has 0 spiro atoms. The Hall–Kier alpha value is -1.37. The fourth-order valence-corrected chi connectivity index (χ4v) is 1.54. The average Bonchev–Trinajstić information content (AvgIpc) is 2.27. The summed E-state index contributed by atoms with van der Waals surface area (Å²) in [4.78, 5) is 11.3. The standard InChI is InChI=1S/C12H19F3N4/c1-9(2)19(8-7-18(3)4)11-16-6-5-10(17-11)12(13,14)15/h5-6,9H,7-8H2,1-4H3. The number of rotatable bonds is 5. The highest BCUT2D eigenvalue weighted by Crippen LogP contribution is 2.28. The lowest BCUT2D eigenvalue weighted by Crippen LogP contribution is -2.38. The van der Waals surface area contributed by atoms with Crippen LogP contribution in [0.25, 0.3) is 0 Å². The highest BCUT2D eigenvalue weighted by atomic mass is 19.4. The maximum absolute atomic E-state index is 12.6. The van der Waals surface area contributed by atoms with Crippen LogP contribution in [0.4, 0.5) is 19.1 Å². The maximum Gasteiger partial charge on any atom is 0.433 e. The summed E-state index contributed by atoms with van der Waals surface area (Å²) >= 11 is 0. The number of aromatic nitrogens is 2. The quantitative estimate of drug-likeness (QED) is 0.826. The van der Waals surface area contributed by atoms with Crippen molar-refractivity contribution in [1.82, 2.24) is 14.9 Å². The molecule has 1 aromatic rings. The van der Waals surface area contributed by atoms with Crippen LogP contribution in [-0.4, -0.2) is 48.1 Å². The summed E-state index contributed by atoms with van der Waals surface area (Å²) in [6.45, 7) is 5.10. The summed E-state index contributed by atoms with van der Waals surface area (Å²) in [7, 11) is 3.82. The maximum atomic E-state index is 12.6. The topological polar surface area (TPSA) is 32.3 Å². The summed E-state index contributed by atoms with van der Waals surface area (Å²) in [5.41, 5.74) is -0.909. The van der Waals surface area contributed by atoms with Gasteiger partial charge in [0.15, 0.2) is 0 Å². The molecule has 108 valence electrons. The molecule has 0 N–H and O–H groups in total. The minimum absolute atomic E-state index is 0.0310. The van der Waals surface area contributed by atoms with Crippen LogP contribution in [0, 0.1) is 0 Å². The Morgan fingerprint density at radius 3 is 2.32 bits per heavy atom. The predicted octanol–water partition coefficient (Wildman–Crippen LogP) is 2.27. The van der Waals surface area contributed by atoms with Crippen molar-refractivity contribution in [3.8, 4) is 0 Å². The first-order valence-electron chi connectivity index (χ1n) is 6.03. The molecule has 4 nitrogen and oxygen atoms in total. The second kappa shape index (κ2) is 6.18. The molecule has 19 heavy (non-hydrogen) atoms. The molecule has 0 aliphatic heterocycles. The van der Waals surface area contributed by atoms with Gasteiger partial charge in [-0.1, -0.05) is 0 Å². The van der Waals surface area contributed by atoms with Crippen LogP contribution >= 0.6 is 0 Å². The van der Waals surface area contributed by atoms with E-state index in [9.17, 15) is 13.2 Å². The number of likely N-dealkylation sites (N-methyl/N-ethyl adjacent to an activating group) is 1. The predicted molar refractivity (Wildman–Crippen MR) is 68.1 cm³/mol. The van der Waals surface area contributed by atoms with Gasteiger partial charge in [0.2, 0.25) is 5.95 Å². The Kier molecular flexibility index (Phi) is 5.11. The van der Waals surface area contributed by atoms with Gasteiger partial charge in [0, 0.05) is 25.3 Å². The van der Waals surface area contributed by atoms with Crippen LogP contribution in [0.3, 0.4) is 0 Å². The minimum atomic E-state index is -4.44. The highest BCUT2D eigenvalue weighted by molar-refractivity contribution is 5.32. The number of nitrogens with zero attached hydrogens (tertiary/aromatic N) is 4. The van der Waals surface area contributed by atoms with Crippen molar-refractivity contribution in [3.05, 3.63) is 18.0 Å². The Bertz CT molecular complexity index is 404. The zero-order valence-corrected chi connectivity index (χ0v) is 11.6. The van der Waals surface area contributed by atoms with Crippen LogP contribution in [0.1, 0.15) is 19.5 Å². The molecular weight excluding hydrogens is 257 g/mol. The molecular formula is C12H19F3N4. The summed E-state index contributed by atoms with van der Waals surface area (Å²) in [6.07, 6.45) is -3.29. The number of halogens is 3. The highest BCUT2D eigenvalue weighted by Gasteiger charge is 2.33. The second-order valence-electron chi connectivity index (χ2n) is 4.83. The molecule has 0 atom stereocenters. The largest absolute Gasteiger partial charge is 0.433 e. The van der Waals surface area contributed by atoms with E-state index in [0.29, 0.717) is 6.54 Å². The van der Waals surface area contributed by atoms with Crippen LogP contribution in [-0.2, 0) is 6.18 Å². The van der Waals surface area contributed by atoms with Gasteiger partial charge in [-0.05, 0) is 34.0 Å². The van der Waals surface area contributed by atoms with Crippen LogP contribution in [0.5, 0.6) is 0 Å². The molecule has 1 aromatic heterocycles. The second-order valence-corrected chi connectivity index (χ2v) is 4.83. The van der Waals surface area contributed by atoms with Gasteiger partial charge >= 0.3 is 6.18 Å². The van der Waals surface area contributed by atoms with E-state index in [1.807, 2.05) is 32.8 Å². The third kappa shape index (κ3) is 4.66. The monoisotopic (exact) mass is 276 g/mol. The fraction of sp³-hybridized carbons (Fsp3) is 0.667. The van der Waals surface area contributed by atoms with Crippen molar-refractivity contribution in [3.63, 3.8) is 0 Å². The van der Waals surface area contributed by atoms with E-state index in [1.54, 1.807) is 4.90 Å². The summed E-state index contributed by atoms with van der Waals surface area (Å²) in [5, 5.41) is 0. The third-order valence-corrected chi connectivity index (χ3v) is 2.60. The van der Waals surface area contributed by atoms with E-state index in [4.69, 9.17) is 0 Å². The van der Waals surface area contributed by atoms with Crippen molar-refractivity contribution in [2.75, 3.05) is 32.1 Å². The lowest BCUT2D eigenvalue weighted by atomic mass is 10.3. The van der Waals surface area contributed by atoms with Crippen molar-refractivity contribution < 1.29 is 13.2 Å². The number of anilines is 1. The van der Waals surface area contributed by atoms with Crippen LogP contribution in [0.2, 0.25) is 0 Å². The van der Waals surface area contributed by atoms with Crippen LogP contribution < -0.4 is 4.90 Å². The van der Waals surface area contributed by atoms with E-state index in [-0.39, 0.29) is 12.0 Å². The van der Waals surface area contributed by atoms with E-state index >= 15 is 0 Å². The Morgan fingerprint density at radius 1 is 1.21 bits per heavy atom. The zero-order valence-electron chi connectivity index (χ0n) is 11.6. The lowest BCUT2D eigenvalue weighted by molar-refractivity contribution is -0.141. The number of alkyl halides is 3. The first-order chi connectivity index (χ1) is 8.71.